The topological polar surface area (TPSA) is 22.0 Å². The van der Waals surface area contributed by atoms with Gasteiger partial charge in [-0.1, -0.05) is 0 Å². The second-order valence-corrected chi connectivity index (χ2v) is 6.36. The summed E-state index contributed by atoms with van der Waals surface area (Å²) >= 11 is 1.63. The monoisotopic (exact) mass is 287 g/mol. The van der Waals surface area contributed by atoms with Gasteiger partial charge in [0.15, 0.2) is 5.78 Å². The fourth-order valence-corrected chi connectivity index (χ4v) is 3.38. The summed E-state index contributed by atoms with van der Waals surface area (Å²) in [5, 5.41) is 0.942. The second-order valence-electron chi connectivity index (χ2n) is 4.90. The Labute approximate surface area is 120 Å². The maximum absolute atomic E-state index is 13.3. The van der Waals surface area contributed by atoms with Crippen molar-refractivity contribution in [3.8, 4) is 0 Å². The van der Waals surface area contributed by atoms with Gasteiger partial charge in [0.25, 0.3) is 0 Å². The van der Waals surface area contributed by atoms with E-state index in [1.807, 2.05) is 32.2 Å². The highest BCUT2D eigenvalue weighted by atomic mass is 32.1. The molecule has 0 aliphatic heterocycles. The number of Topliss-reactive ketones (excluding diaryl/α,β-unsaturated/α-hetero) is 1. The Balaban J connectivity index is 1.95. The van der Waals surface area contributed by atoms with E-state index in [2.05, 4.69) is 0 Å². The maximum atomic E-state index is 13.3. The highest BCUT2D eigenvalue weighted by molar-refractivity contribution is 7.12. The van der Waals surface area contributed by atoms with Gasteiger partial charge >= 0.3 is 0 Å². The molecule has 102 valence electrons. The first-order valence-electron chi connectivity index (χ1n) is 6.39. The molecule has 4 heteroatoms. The van der Waals surface area contributed by atoms with Crippen molar-refractivity contribution >= 4 is 28.0 Å². The Morgan fingerprint density at radius 2 is 2.05 bits per heavy atom. The lowest BCUT2D eigenvalue weighted by Crippen LogP contribution is -2.09. The largest absolute Gasteiger partial charge is 0.340 e. The second kappa shape index (κ2) is 4.87. The molecule has 0 atom stereocenters. The number of carbonyl (C=O) groups is 1. The first kappa shape index (κ1) is 13.1. The Morgan fingerprint density at radius 3 is 2.75 bits per heavy atom. The van der Waals surface area contributed by atoms with Crippen LogP contribution < -0.4 is 0 Å². The average Bonchev–Trinajstić information content (AvgIpc) is 2.93. The minimum atomic E-state index is -0.285. The van der Waals surface area contributed by atoms with Gasteiger partial charge < -0.3 is 4.57 Å². The zero-order valence-corrected chi connectivity index (χ0v) is 12.1. The van der Waals surface area contributed by atoms with Gasteiger partial charge in [0.2, 0.25) is 0 Å². The summed E-state index contributed by atoms with van der Waals surface area (Å²) in [6, 6.07) is 8.45. The predicted molar refractivity (Wildman–Crippen MR) is 80.0 cm³/mol. The molecule has 0 amide bonds. The van der Waals surface area contributed by atoms with E-state index in [4.69, 9.17) is 0 Å². The minimum absolute atomic E-state index is 0.0635. The molecule has 2 aromatic heterocycles. The maximum Gasteiger partial charge on any atom is 0.183 e. The Bertz CT molecular complexity index is 800. The Morgan fingerprint density at radius 1 is 1.25 bits per heavy atom. The molecule has 0 saturated carbocycles. The number of ketones is 1. The van der Waals surface area contributed by atoms with Gasteiger partial charge in [0, 0.05) is 21.5 Å². The number of rotatable bonds is 3. The molecule has 0 aliphatic carbocycles. The van der Waals surface area contributed by atoms with E-state index in [9.17, 15) is 9.18 Å². The van der Waals surface area contributed by atoms with Gasteiger partial charge in [-0.25, -0.2) is 4.39 Å². The lowest BCUT2D eigenvalue weighted by atomic mass is 10.1. The number of hydrogen-bond donors (Lipinski definition) is 0. The molecule has 0 saturated heterocycles. The number of carbonyl (C=O) groups excluding carboxylic acids is 1. The van der Waals surface area contributed by atoms with Crippen LogP contribution in [0.25, 0.3) is 10.9 Å². The smallest absolute Gasteiger partial charge is 0.183 e. The van der Waals surface area contributed by atoms with Crippen molar-refractivity contribution in [1.82, 2.24) is 4.57 Å². The zero-order chi connectivity index (χ0) is 14.3. The van der Waals surface area contributed by atoms with Crippen molar-refractivity contribution in [2.45, 2.75) is 20.4 Å². The highest BCUT2D eigenvalue weighted by Gasteiger charge is 2.13. The molecule has 2 heterocycles. The SMILES string of the molecule is Cc1cc(C(=O)Cn2ccc3ccc(F)cc32)c(C)s1. The van der Waals surface area contributed by atoms with Gasteiger partial charge in [-0.05, 0) is 49.6 Å². The summed E-state index contributed by atoms with van der Waals surface area (Å²) in [6.07, 6.45) is 1.83. The van der Waals surface area contributed by atoms with Crippen molar-refractivity contribution in [2.24, 2.45) is 0 Å². The fraction of sp³-hybridized carbons (Fsp3) is 0.188. The van der Waals surface area contributed by atoms with Gasteiger partial charge in [0.1, 0.15) is 5.82 Å². The lowest BCUT2D eigenvalue weighted by molar-refractivity contribution is 0.0973. The molecule has 0 N–H and O–H groups in total. The van der Waals surface area contributed by atoms with Crippen molar-refractivity contribution in [3.63, 3.8) is 0 Å². The number of aromatic nitrogens is 1. The van der Waals surface area contributed by atoms with Crippen LogP contribution in [0, 0.1) is 19.7 Å². The van der Waals surface area contributed by atoms with Crippen molar-refractivity contribution < 1.29 is 9.18 Å². The summed E-state index contributed by atoms with van der Waals surface area (Å²) in [6.45, 7) is 4.19. The number of hydrogen-bond acceptors (Lipinski definition) is 2. The number of aryl methyl sites for hydroxylation is 2. The number of nitrogens with zero attached hydrogens (tertiary/aromatic N) is 1. The first-order valence-corrected chi connectivity index (χ1v) is 7.21. The third kappa shape index (κ3) is 2.27. The Hall–Kier alpha value is -1.94. The lowest BCUT2D eigenvalue weighted by Gasteiger charge is -2.05. The first-order chi connectivity index (χ1) is 9.54. The summed E-state index contributed by atoms with van der Waals surface area (Å²) in [5.41, 5.74) is 1.52. The van der Waals surface area contributed by atoms with Crippen LogP contribution in [0.15, 0.2) is 36.5 Å². The normalized spacial score (nSPS) is 11.2. The van der Waals surface area contributed by atoms with Crippen LogP contribution in [0.3, 0.4) is 0 Å². The van der Waals surface area contributed by atoms with Crippen LogP contribution in [-0.2, 0) is 6.54 Å². The van der Waals surface area contributed by atoms with Crippen LogP contribution in [0.5, 0.6) is 0 Å². The van der Waals surface area contributed by atoms with Gasteiger partial charge in [-0.3, -0.25) is 4.79 Å². The Kier molecular flexibility index (Phi) is 3.18. The van der Waals surface area contributed by atoms with E-state index in [0.29, 0.717) is 0 Å². The zero-order valence-electron chi connectivity index (χ0n) is 11.3. The number of benzene rings is 1. The third-order valence-electron chi connectivity index (χ3n) is 3.39. The average molecular weight is 287 g/mol. The molecule has 20 heavy (non-hydrogen) atoms. The molecule has 1 aromatic carbocycles. The fourth-order valence-electron chi connectivity index (χ4n) is 2.44. The molecule has 0 spiro atoms. The van der Waals surface area contributed by atoms with Gasteiger partial charge in [-0.15, -0.1) is 11.3 Å². The third-order valence-corrected chi connectivity index (χ3v) is 4.36. The van der Waals surface area contributed by atoms with Crippen LogP contribution in [-0.4, -0.2) is 10.4 Å². The molecule has 0 fully saturated rings. The van der Waals surface area contributed by atoms with Crippen molar-refractivity contribution in [1.29, 1.82) is 0 Å². The highest BCUT2D eigenvalue weighted by Crippen LogP contribution is 2.23. The van der Waals surface area contributed by atoms with Gasteiger partial charge in [-0.2, -0.15) is 0 Å². The molecule has 2 nitrogen and oxygen atoms in total. The van der Waals surface area contributed by atoms with Crippen LogP contribution >= 0.6 is 11.3 Å². The van der Waals surface area contributed by atoms with Crippen molar-refractivity contribution in [2.75, 3.05) is 0 Å². The molecule has 0 aliphatic rings. The molecule has 3 rings (SSSR count). The van der Waals surface area contributed by atoms with E-state index >= 15 is 0 Å². The van der Waals surface area contributed by atoms with E-state index in [1.54, 1.807) is 22.0 Å². The summed E-state index contributed by atoms with van der Waals surface area (Å²) in [7, 11) is 0. The standard InChI is InChI=1S/C16H14FNOS/c1-10-7-14(11(2)20-10)16(19)9-18-6-5-12-3-4-13(17)8-15(12)18/h3-8H,9H2,1-2H3. The molecule has 0 bridgehead atoms. The molecule has 0 unspecified atom stereocenters. The summed E-state index contributed by atoms with van der Waals surface area (Å²) in [5.74, 6) is -0.221. The quantitative estimate of drug-likeness (QED) is 0.657. The number of thiophene rings is 1. The van der Waals surface area contributed by atoms with E-state index < -0.39 is 0 Å². The van der Waals surface area contributed by atoms with E-state index in [0.717, 1.165) is 26.2 Å². The van der Waals surface area contributed by atoms with E-state index in [-0.39, 0.29) is 18.1 Å². The molecular formula is C16H14FNOS. The number of fused-ring (bicyclic) bond motifs is 1. The summed E-state index contributed by atoms with van der Waals surface area (Å²) < 4.78 is 15.1. The predicted octanol–water partition coefficient (Wildman–Crippen LogP) is 4.34. The molecule has 3 aromatic rings. The van der Waals surface area contributed by atoms with Crippen LogP contribution in [0.4, 0.5) is 4.39 Å². The molecule has 0 radical (unpaired) electrons. The van der Waals surface area contributed by atoms with Crippen LogP contribution in [0.1, 0.15) is 20.1 Å². The van der Waals surface area contributed by atoms with E-state index in [1.165, 1.54) is 12.1 Å². The number of halogens is 1. The summed E-state index contributed by atoms with van der Waals surface area (Å²) in [4.78, 5) is 14.5. The molecular weight excluding hydrogens is 273 g/mol. The van der Waals surface area contributed by atoms with Crippen LogP contribution in [0.2, 0.25) is 0 Å². The van der Waals surface area contributed by atoms with Gasteiger partial charge in [0.05, 0.1) is 12.1 Å². The minimum Gasteiger partial charge on any atom is -0.340 e. The van der Waals surface area contributed by atoms with Crippen molar-refractivity contribution in [3.05, 3.63) is 57.7 Å².